The molecule has 0 saturated carbocycles. The lowest BCUT2D eigenvalue weighted by atomic mass is 10.00. The Bertz CT molecular complexity index is 1130. The zero-order valence-corrected chi connectivity index (χ0v) is 17.7. The van der Waals surface area contributed by atoms with Gasteiger partial charge in [0, 0.05) is 16.7 Å². The summed E-state index contributed by atoms with van der Waals surface area (Å²) in [4.78, 5) is 0. The highest BCUT2D eigenvalue weighted by Gasteiger charge is 2.41. The predicted octanol–water partition coefficient (Wildman–Crippen LogP) is 4.71. The monoisotopic (exact) mass is 416 g/mol. The van der Waals surface area contributed by atoms with E-state index in [1.54, 1.807) is 21.3 Å². The molecule has 158 valence electrons. The second kappa shape index (κ2) is 7.89. The van der Waals surface area contributed by atoms with Crippen LogP contribution in [0.25, 0.3) is 5.70 Å². The SMILES string of the molecule is COc1ccc(C2Oc3c(OC)cccc3C3C=C(c4cccc(OC)c4)NN32)cc1. The fourth-order valence-corrected chi connectivity index (χ4v) is 4.10. The fourth-order valence-electron chi connectivity index (χ4n) is 4.10. The van der Waals surface area contributed by atoms with Crippen LogP contribution in [0.15, 0.2) is 72.8 Å². The average Bonchev–Trinajstić information content (AvgIpc) is 3.29. The Morgan fingerprint density at radius 2 is 1.61 bits per heavy atom. The summed E-state index contributed by atoms with van der Waals surface area (Å²) in [6, 6.07) is 21.9. The highest BCUT2D eigenvalue weighted by atomic mass is 16.5. The molecule has 2 aliphatic heterocycles. The topological polar surface area (TPSA) is 52.2 Å². The molecule has 6 heteroatoms. The van der Waals surface area contributed by atoms with Crippen molar-refractivity contribution in [2.24, 2.45) is 0 Å². The van der Waals surface area contributed by atoms with Crippen LogP contribution in [0.1, 0.15) is 29.0 Å². The molecule has 2 aliphatic rings. The van der Waals surface area contributed by atoms with Crippen molar-refractivity contribution >= 4 is 5.70 Å². The minimum absolute atomic E-state index is 0.0212. The number of hydrogen-bond acceptors (Lipinski definition) is 6. The van der Waals surface area contributed by atoms with Crippen LogP contribution in [0.2, 0.25) is 0 Å². The van der Waals surface area contributed by atoms with E-state index in [9.17, 15) is 0 Å². The molecule has 0 saturated heterocycles. The largest absolute Gasteiger partial charge is 0.497 e. The molecule has 0 amide bonds. The van der Waals surface area contributed by atoms with Gasteiger partial charge in [0.2, 0.25) is 0 Å². The number of benzene rings is 3. The number of nitrogens with one attached hydrogen (secondary N) is 1. The third-order valence-electron chi connectivity index (χ3n) is 5.69. The van der Waals surface area contributed by atoms with Crippen LogP contribution >= 0.6 is 0 Å². The van der Waals surface area contributed by atoms with Crippen molar-refractivity contribution in [1.82, 2.24) is 10.4 Å². The minimum Gasteiger partial charge on any atom is -0.497 e. The van der Waals surface area contributed by atoms with E-state index in [-0.39, 0.29) is 12.3 Å². The van der Waals surface area contributed by atoms with E-state index in [2.05, 4.69) is 28.6 Å². The molecule has 0 aromatic heterocycles. The standard InChI is InChI=1S/C25H24N2O4/c1-28-18-12-10-16(11-13-18)25-27-22(20-8-5-9-23(30-3)24(20)31-25)15-21(26-27)17-6-4-7-19(14-17)29-2/h4-15,22,25-26H,1-3H3. The van der Waals surface area contributed by atoms with Crippen molar-refractivity contribution in [2.75, 3.05) is 21.3 Å². The zero-order chi connectivity index (χ0) is 21.4. The molecule has 0 fully saturated rings. The number of para-hydroxylation sites is 1. The van der Waals surface area contributed by atoms with Gasteiger partial charge in [-0.2, -0.15) is 5.01 Å². The molecule has 5 rings (SSSR count). The average molecular weight is 416 g/mol. The normalized spacial score (nSPS) is 19.4. The third-order valence-corrected chi connectivity index (χ3v) is 5.69. The number of methoxy groups -OCH3 is 3. The summed E-state index contributed by atoms with van der Waals surface area (Å²) in [6.45, 7) is 0. The minimum atomic E-state index is -0.348. The second-order valence-electron chi connectivity index (χ2n) is 7.40. The van der Waals surface area contributed by atoms with Gasteiger partial charge in [0.1, 0.15) is 11.5 Å². The first-order valence-electron chi connectivity index (χ1n) is 10.1. The van der Waals surface area contributed by atoms with Crippen molar-refractivity contribution in [3.05, 3.63) is 89.5 Å². The smallest absolute Gasteiger partial charge is 0.196 e. The first-order chi connectivity index (χ1) is 15.2. The van der Waals surface area contributed by atoms with E-state index in [0.717, 1.165) is 45.4 Å². The molecule has 0 bridgehead atoms. The molecular weight excluding hydrogens is 392 g/mol. The number of hydrazine groups is 1. The van der Waals surface area contributed by atoms with Crippen LogP contribution in [0.4, 0.5) is 0 Å². The Labute approximate surface area is 181 Å². The van der Waals surface area contributed by atoms with Gasteiger partial charge in [-0.25, -0.2) is 0 Å². The zero-order valence-electron chi connectivity index (χ0n) is 17.7. The van der Waals surface area contributed by atoms with Crippen molar-refractivity contribution in [3.63, 3.8) is 0 Å². The summed E-state index contributed by atoms with van der Waals surface area (Å²) in [5, 5.41) is 2.12. The third kappa shape index (κ3) is 3.35. The highest BCUT2D eigenvalue weighted by Crippen LogP contribution is 2.49. The maximum Gasteiger partial charge on any atom is 0.196 e. The molecule has 3 aromatic rings. The van der Waals surface area contributed by atoms with Crippen molar-refractivity contribution < 1.29 is 18.9 Å². The molecule has 0 aliphatic carbocycles. The summed E-state index contributed by atoms with van der Waals surface area (Å²) in [5.74, 6) is 3.10. The molecule has 6 nitrogen and oxygen atoms in total. The molecule has 2 heterocycles. The molecule has 0 radical (unpaired) electrons. The number of ether oxygens (including phenoxy) is 4. The van der Waals surface area contributed by atoms with Gasteiger partial charge in [-0.15, -0.1) is 0 Å². The predicted molar refractivity (Wildman–Crippen MR) is 118 cm³/mol. The first kappa shape index (κ1) is 19.3. The molecular formula is C25H24N2O4. The van der Waals surface area contributed by atoms with Crippen LogP contribution in [0.5, 0.6) is 23.0 Å². The quantitative estimate of drug-likeness (QED) is 0.650. The molecule has 2 atom stereocenters. The van der Waals surface area contributed by atoms with Crippen molar-refractivity contribution in [1.29, 1.82) is 0 Å². The van der Waals surface area contributed by atoms with Crippen LogP contribution in [-0.2, 0) is 0 Å². The first-order valence-corrected chi connectivity index (χ1v) is 10.1. The number of hydrogen-bond donors (Lipinski definition) is 1. The Balaban J connectivity index is 1.59. The fraction of sp³-hybridized carbons (Fsp3) is 0.200. The number of nitrogens with zero attached hydrogens (tertiary/aromatic N) is 1. The summed E-state index contributed by atoms with van der Waals surface area (Å²) in [7, 11) is 5.00. The Morgan fingerprint density at radius 1 is 0.839 bits per heavy atom. The van der Waals surface area contributed by atoms with Gasteiger partial charge < -0.3 is 24.4 Å². The summed E-state index contributed by atoms with van der Waals surface area (Å²) in [5.41, 5.74) is 7.67. The lowest BCUT2D eigenvalue weighted by molar-refractivity contribution is -0.0343. The summed E-state index contributed by atoms with van der Waals surface area (Å²) < 4.78 is 22.8. The van der Waals surface area contributed by atoms with E-state index in [1.165, 1.54) is 0 Å². The number of fused-ring (bicyclic) bond motifs is 3. The van der Waals surface area contributed by atoms with Gasteiger partial charge in [0.05, 0.1) is 33.1 Å². The Hall–Kier alpha value is -3.64. The maximum absolute atomic E-state index is 6.50. The van der Waals surface area contributed by atoms with E-state index in [1.807, 2.05) is 54.6 Å². The van der Waals surface area contributed by atoms with Crippen LogP contribution < -0.4 is 24.4 Å². The molecule has 0 spiro atoms. The summed E-state index contributed by atoms with van der Waals surface area (Å²) in [6.07, 6.45) is 1.87. The van der Waals surface area contributed by atoms with Gasteiger partial charge in [0.25, 0.3) is 0 Å². The second-order valence-corrected chi connectivity index (χ2v) is 7.40. The van der Waals surface area contributed by atoms with Gasteiger partial charge in [0.15, 0.2) is 17.7 Å². The molecule has 3 aromatic carbocycles. The van der Waals surface area contributed by atoms with Crippen LogP contribution in [0, 0.1) is 0 Å². The number of rotatable bonds is 5. The summed E-state index contributed by atoms with van der Waals surface area (Å²) >= 11 is 0. The lowest BCUT2D eigenvalue weighted by Gasteiger charge is -2.39. The van der Waals surface area contributed by atoms with Gasteiger partial charge in [-0.1, -0.05) is 36.4 Å². The van der Waals surface area contributed by atoms with E-state index in [4.69, 9.17) is 18.9 Å². The molecule has 31 heavy (non-hydrogen) atoms. The lowest BCUT2D eigenvalue weighted by Crippen LogP contribution is -2.43. The van der Waals surface area contributed by atoms with Crippen molar-refractivity contribution in [2.45, 2.75) is 12.3 Å². The highest BCUT2D eigenvalue weighted by molar-refractivity contribution is 5.69. The van der Waals surface area contributed by atoms with Gasteiger partial charge >= 0.3 is 0 Å². The Morgan fingerprint density at radius 3 is 2.35 bits per heavy atom. The maximum atomic E-state index is 6.50. The van der Waals surface area contributed by atoms with Crippen LogP contribution in [0.3, 0.4) is 0 Å². The molecule has 1 N–H and O–H groups in total. The van der Waals surface area contributed by atoms with E-state index >= 15 is 0 Å². The van der Waals surface area contributed by atoms with Gasteiger partial charge in [-0.3, -0.25) is 0 Å². The molecule has 2 unspecified atom stereocenters. The Kier molecular flexibility index (Phi) is 4.92. The van der Waals surface area contributed by atoms with Gasteiger partial charge in [-0.05, 0) is 36.4 Å². The van der Waals surface area contributed by atoms with E-state index < -0.39 is 0 Å². The van der Waals surface area contributed by atoms with Crippen LogP contribution in [-0.4, -0.2) is 26.3 Å². The van der Waals surface area contributed by atoms with Crippen molar-refractivity contribution in [3.8, 4) is 23.0 Å². The van der Waals surface area contributed by atoms with E-state index in [0.29, 0.717) is 0 Å².